The van der Waals surface area contributed by atoms with Gasteiger partial charge in [-0.2, -0.15) is 0 Å². The van der Waals surface area contributed by atoms with Crippen molar-refractivity contribution in [1.29, 1.82) is 0 Å². The van der Waals surface area contributed by atoms with E-state index in [-0.39, 0.29) is 5.91 Å². The summed E-state index contributed by atoms with van der Waals surface area (Å²) >= 11 is 0. The van der Waals surface area contributed by atoms with Gasteiger partial charge in [-0.3, -0.25) is 9.36 Å². The van der Waals surface area contributed by atoms with Crippen molar-refractivity contribution in [2.24, 2.45) is 0 Å². The van der Waals surface area contributed by atoms with Crippen LogP contribution < -0.4 is 0 Å². The maximum absolute atomic E-state index is 12.2. The average Bonchev–Trinajstić information content (AvgIpc) is 2.78. The largest absolute Gasteiger partial charge is 0.385 e. The van der Waals surface area contributed by atoms with E-state index in [0.29, 0.717) is 11.4 Å². The Kier molecular flexibility index (Phi) is 3.06. The molecule has 2 rings (SSSR count). The number of rotatable bonds is 2. The second kappa shape index (κ2) is 4.51. The molecular weight excluding hydrogens is 216 g/mol. The molecule has 1 N–H and O–H groups in total. The highest BCUT2D eigenvalue weighted by atomic mass is 16.3. The Balaban J connectivity index is 2.37. The Morgan fingerprint density at radius 1 is 1.35 bits per heavy atom. The van der Waals surface area contributed by atoms with E-state index in [9.17, 15) is 9.90 Å². The highest BCUT2D eigenvalue weighted by Gasteiger charge is 2.15. The molecular formula is C13H14N2O2. The fraction of sp³-hybridized carbons (Fsp3) is 0.231. The van der Waals surface area contributed by atoms with E-state index in [1.54, 1.807) is 25.3 Å². The number of carbonyl (C=O) groups excluding carboxylic acids is 1. The topological polar surface area (TPSA) is 55.1 Å². The second-order valence-corrected chi connectivity index (χ2v) is 4.00. The highest BCUT2D eigenvalue weighted by Crippen LogP contribution is 2.12. The molecule has 0 fully saturated rings. The summed E-state index contributed by atoms with van der Waals surface area (Å²) in [5, 5.41) is 9.50. The smallest absolute Gasteiger partial charge is 0.263 e. The maximum atomic E-state index is 12.2. The van der Waals surface area contributed by atoms with E-state index >= 15 is 0 Å². The molecule has 0 aliphatic carbocycles. The van der Waals surface area contributed by atoms with Crippen LogP contribution in [0.4, 0.5) is 0 Å². The summed E-state index contributed by atoms with van der Waals surface area (Å²) in [5.74, 6) is 0.175. The van der Waals surface area contributed by atoms with Crippen molar-refractivity contribution in [3.63, 3.8) is 0 Å². The fourth-order valence-electron chi connectivity index (χ4n) is 1.63. The second-order valence-electron chi connectivity index (χ2n) is 4.00. The van der Waals surface area contributed by atoms with Crippen molar-refractivity contribution in [3.05, 3.63) is 53.6 Å². The molecule has 4 nitrogen and oxygen atoms in total. The number of imidazole rings is 1. The van der Waals surface area contributed by atoms with Crippen molar-refractivity contribution < 1.29 is 9.90 Å². The van der Waals surface area contributed by atoms with Crippen LogP contribution in [0, 0.1) is 6.92 Å². The zero-order valence-corrected chi connectivity index (χ0v) is 9.79. The summed E-state index contributed by atoms with van der Waals surface area (Å²) in [4.78, 5) is 16.1. The molecule has 0 saturated heterocycles. The zero-order valence-electron chi connectivity index (χ0n) is 9.79. The number of carbonyl (C=O) groups is 1. The van der Waals surface area contributed by atoms with Crippen molar-refractivity contribution in [3.8, 4) is 0 Å². The standard InChI is InChI=1S/C13H14N2O2/c1-9-3-5-11(6-4-9)13(17)15-8-7-14-12(15)10(2)16/h3-8,10,16H,1-2H3. The first-order valence-electron chi connectivity index (χ1n) is 5.42. The monoisotopic (exact) mass is 230 g/mol. The van der Waals surface area contributed by atoms with Gasteiger partial charge in [0, 0.05) is 18.0 Å². The number of benzene rings is 1. The predicted molar refractivity (Wildman–Crippen MR) is 63.8 cm³/mol. The molecule has 1 unspecified atom stereocenters. The van der Waals surface area contributed by atoms with Gasteiger partial charge in [-0.1, -0.05) is 17.7 Å². The molecule has 2 aromatic rings. The van der Waals surface area contributed by atoms with Crippen molar-refractivity contribution in [1.82, 2.24) is 9.55 Å². The first-order chi connectivity index (χ1) is 8.09. The van der Waals surface area contributed by atoms with Gasteiger partial charge >= 0.3 is 0 Å². The molecule has 0 aliphatic rings. The van der Waals surface area contributed by atoms with Gasteiger partial charge in [-0.25, -0.2) is 4.98 Å². The van der Waals surface area contributed by atoms with Crippen LogP contribution in [0.15, 0.2) is 36.7 Å². The summed E-state index contributed by atoms with van der Waals surface area (Å²) in [5.41, 5.74) is 1.68. The summed E-state index contributed by atoms with van der Waals surface area (Å²) in [7, 11) is 0. The number of aliphatic hydroxyl groups is 1. The third kappa shape index (κ3) is 2.26. The maximum Gasteiger partial charge on any atom is 0.263 e. The van der Waals surface area contributed by atoms with Crippen LogP contribution in [-0.4, -0.2) is 20.6 Å². The summed E-state index contributed by atoms with van der Waals surface area (Å²) in [6.07, 6.45) is 2.30. The Morgan fingerprint density at radius 3 is 2.59 bits per heavy atom. The molecule has 1 aromatic heterocycles. The minimum atomic E-state index is -0.764. The lowest BCUT2D eigenvalue weighted by Crippen LogP contribution is -2.16. The lowest BCUT2D eigenvalue weighted by Gasteiger charge is -2.08. The van der Waals surface area contributed by atoms with Crippen molar-refractivity contribution >= 4 is 5.91 Å². The van der Waals surface area contributed by atoms with Gasteiger partial charge in [0.15, 0.2) is 0 Å². The van der Waals surface area contributed by atoms with Crippen LogP contribution in [0.5, 0.6) is 0 Å². The van der Waals surface area contributed by atoms with Crippen molar-refractivity contribution in [2.75, 3.05) is 0 Å². The molecule has 1 aromatic carbocycles. The first kappa shape index (κ1) is 11.5. The molecule has 4 heteroatoms. The summed E-state index contributed by atoms with van der Waals surface area (Å²) < 4.78 is 1.37. The number of aromatic nitrogens is 2. The van der Waals surface area contributed by atoms with Crippen LogP contribution in [0.25, 0.3) is 0 Å². The zero-order chi connectivity index (χ0) is 12.4. The first-order valence-corrected chi connectivity index (χ1v) is 5.42. The molecule has 0 spiro atoms. The van der Waals surface area contributed by atoms with E-state index in [4.69, 9.17) is 0 Å². The Morgan fingerprint density at radius 2 is 2.00 bits per heavy atom. The third-order valence-corrected chi connectivity index (χ3v) is 2.56. The van der Waals surface area contributed by atoms with E-state index in [2.05, 4.69) is 4.98 Å². The molecule has 17 heavy (non-hydrogen) atoms. The van der Waals surface area contributed by atoms with Gasteiger partial charge in [0.1, 0.15) is 11.9 Å². The Bertz CT molecular complexity index is 527. The summed E-state index contributed by atoms with van der Waals surface area (Å²) in [6, 6.07) is 7.30. The van der Waals surface area contributed by atoms with Crippen LogP contribution in [0.2, 0.25) is 0 Å². The SMILES string of the molecule is Cc1ccc(C(=O)n2ccnc2C(C)O)cc1. The minimum absolute atomic E-state index is 0.182. The lowest BCUT2D eigenvalue weighted by molar-refractivity contribution is 0.0938. The number of aryl methyl sites for hydroxylation is 1. The molecule has 0 radical (unpaired) electrons. The quantitative estimate of drug-likeness (QED) is 0.857. The van der Waals surface area contributed by atoms with Crippen LogP contribution in [0.1, 0.15) is 34.8 Å². The third-order valence-electron chi connectivity index (χ3n) is 2.56. The van der Waals surface area contributed by atoms with E-state index in [1.807, 2.05) is 19.1 Å². The van der Waals surface area contributed by atoms with Crippen LogP contribution in [0.3, 0.4) is 0 Å². The van der Waals surface area contributed by atoms with Gasteiger partial charge in [0.25, 0.3) is 5.91 Å². The molecule has 0 aliphatic heterocycles. The molecule has 88 valence electrons. The lowest BCUT2D eigenvalue weighted by atomic mass is 10.1. The predicted octanol–water partition coefficient (Wildman–Crippen LogP) is 1.93. The van der Waals surface area contributed by atoms with Gasteiger partial charge in [-0.05, 0) is 26.0 Å². The average molecular weight is 230 g/mol. The molecule has 0 saturated carbocycles. The molecule has 0 bridgehead atoms. The Hall–Kier alpha value is -1.94. The molecule has 0 amide bonds. The van der Waals surface area contributed by atoms with E-state index in [1.165, 1.54) is 10.8 Å². The number of hydrogen-bond donors (Lipinski definition) is 1. The number of aliphatic hydroxyl groups excluding tert-OH is 1. The fourth-order valence-corrected chi connectivity index (χ4v) is 1.63. The van der Waals surface area contributed by atoms with Gasteiger partial charge in [0.2, 0.25) is 0 Å². The van der Waals surface area contributed by atoms with Crippen LogP contribution >= 0.6 is 0 Å². The van der Waals surface area contributed by atoms with Gasteiger partial charge < -0.3 is 5.11 Å². The van der Waals surface area contributed by atoms with E-state index < -0.39 is 6.10 Å². The van der Waals surface area contributed by atoms with E-state index in [0.717, 1.165) is 5.56 Å². The normalized spacial score (nSPS) is 12.4. The Labute approximate surface area is 99.5 Å². The molecule has 1 heterocycles. The number of hydrogen-bond acceptors (Lipinski definition) is 3. The van der Waals surface area contributed by atoms with Crippen molar-refractivity contribution in [2.45, 2.75) is 20.0 Å². The van der Waals surface area contributed by atoms with Gasteiger partial charge in [0.05, 0.1) is 0 Å². The minimum Gasteiger partial charge on any atom is -0.385 e. The number of nitrogens with zero attached hydrogens (tertiary/aromatic N) is 2. The van der Waals surface area contributed by atoms with Crippen LogP contribution in [-0.2, 0) is 0 Å². The highest BCUT2D eigenvalue weighted by molar-refractivity contribution is 5.96. The summed E-state index contributed by atoms with van der Waals surface area (Å²) in [6.45, 7) is 3.55. The molecule has 1 atom stereocenters. The van der Waals surface area contributed by atoms with Gasteiger partial charge in [-0.15, -0.1) is 0 Å².